The van der Waals surface area contributed by atoms with Gasteiger partial charge in [-0.1, -0.05) is 12.1 Å². The lowest BCUT2D eigenvalue weighted by Gasteiger charge is -2.34. The minimum absolute atomic E-state index is 0.330. The summed E-state index contributed by atoms with van der Waals surface area (Å²) in [6.45, 7) is 5.93. The molecule has 0 radical (unpaired) electrons. The number of hydrogen-bond acceptors (Lipinski definition) is 8. The van der Waals surface area contributed by atoms with E-state index in [1.54, 1.807) is 13.4 Å². The summed E-state index contributed by atoms with van der Waals surface area (Å²) in [5.41, 5.74) is 2.36. The topological polar surface area (TPSA) is 80.6 Å². The Morgan fingerprint density at radius 3 is 2.76 bits per heavy atom. The van der Waals surface area contributed by atoms with Crippen LogP contribution in [0.4, 0.5) is 17.3 Å². The third-order valence-corrected chi connectivity index (χ3v) is 6.25. The molecule has 0 saturated carbocycles. The number of nitrogens with zero attached hydrogens (tertiary/aromatic N) is 6. The molecule has 1 aromatic carbocycles. The van der Waals surface area contributed by atoms with Crippen LogP contribution in [0.25, 0.3) is 0 Å². The fraction of sp³-hybridized carbons (Fsp3) is 0.458. The van der Waals surface area contributed by atoms with Crippen LogP contribution < -0.4 is 19.9 Å². The Morgan fingerprint density at radius 2 is 1.94 bits per heavy atom. The molecule has 33 heavy (non-hydrogen) atoms. The second-order valence-electron chi connectivity index (χ2n) is 8.53. The van der Waals surface area contributed by atoms with Crippen molar-refractivity contribution in [3.05, 3.63) is 54.6 Å². The first kappa shape index (κ1) is 21.5. The molecular weight excluding hydrogens is 418 g/mol. The van der Waals surface area contributed by atoms with Crippen LogP contribution in [-0.2, 0) is 11.3 Å². The van der Waals surface area contributed by atoms with E-state index in [9.17, 15) is 0 Å². The van der Waals surface area contributed by atoms with Gasteiger partial charge in [0.15, 0.2) is 0 Å². The first-order valence-electron chi connectivity index (χ1n) is 11.6. The maximum atomic E-state index is 5.45. The summed E-state index contributed by atoms with van der Waals surface area (Å²) in [5.74, 6) is 2.71. The van der Waals surface area contributed by atoms with Crippen LogP contribution >= 0.6 is 0 Å². The molecule has 0 unspecified atom stereocenters. The Morgan fingerprint density at radius 1 is 1.09 bits per heavy atom. The zero-order valence-corrected chi connectivity index (χ0v) is 19.1. The maximum Gasteiger partial charge on any atom is 0.134 e. The number of morpholine rings is 1. The second kappa shape index (κ2) is 10.1. The zero-order chi connectivity index (χ0) is 22.5. The molecule has 0 bridgehead atoms. The predicted molar refractivity (Wildman–Crippen MR) is 128 cm³/mol. The van der Waals surface area contributed by atoms with Crippen LogP contribution in [0.3, 0.4) is 0 Å². The molecule has 5 rings (SSSR count). The summed E-state index contributed by atoms with van der Waals surface area (Å²) in [5, 5.41) is 8.22. The van der Waals surface area contributed by atoms with Gasteiger partial charge in [0.2, 0.25) is 0 Å². The molecule has 0 aliphatic carbocycles. The summed E-state index contributed by atoms with van der Waals surface area (Å²) >= 11 is 0. The fourth-order valence-corrected chi connectivity index (χ4v) is 4.45. The van der Waals surface area contributed by atoms with E-state index in [1.165, 1.54) is 5.56 Å². The highest BCUT2D eigenvalue weighted by Gasteiger charge is 2.22. The molecule has 9 heteroatoms. The Balaban J connectivity index is 1.19. The highest BCUT2D eigenvalue weighted by Crippen LogP contribution is 2.23. The molecule has 2 aliphatic rings. The van der Waals surface area contributed by atoms with Crippen molar-refractivity contribution < 1.29 is 9.47 Å². The first-order valence-corrected chi connectivity index (χ1v) is 11.6. The van der Waals surface area contributed by atoms with Crippen LogP contribution in [0.5, 0.6) is 5.75 Å². The molecule has 1 N–H and O–H groups in total. The van der Waals surface area contributed by atoms with Crippen molar-refractivity contribution >= 4 is 17.3 Å². The number of ether oxygens (including phenoxy) is 2. The number of piperidine rings is 1. The molecule has 2 saturated heterocycles. The van der Waals surface area contributed by atoms with Crippen molar-refractivity contribution in [2.75, 3.05) is 61.6 Å². The maximum absolute atomic E-state index is 5.45. The molecule has 2 aromatic heterocycles. The Bertz CT molecular complexity index is 1030. The Hall–Kier alpha value is -3.33. The lowest BCUT2D eigenvalue weighted by molar-refractivity contribution is 0.122. The fourth-order valence-electron chi connectivity index (χ4n) is 4.45. The molecule has 0 spiro atoms. The molecule has 2 fully saturated rings. The van der Waals surface area contributed by atoms with Crippen LogP contribution in [0, 0.1) is 0 Å². The smallest absolute Gasteiger partial charge is 0.134 e. The minimum atomic E-state index is 0.330. The van der Waals surface area contributed by atoms with E-state index in [1.807, 2.05) is 23.0 Å². The number of aromatic nitrogens is 4. The van der Waals surface area contributed by atoms with E-state index in [2.05, 4.69) is 54.6 Å². The van der Waals surface area contributed by atoms with E-state index in [-0.39, 0.29) is 0 Å². The van der Waals surface area contributed by atoms with Crippen LogP contribution in [0.15, 0.2) is 49.1 Å². The Labute approximate surface area is 194 Å². The average molecular weight is 450 g/mol. The van der Waals surface area contributed by atoms with Gasteiger partial charge in [-0.15, -0.1) is 0 Å². The van der Waals surface area contributed by atoms with Crippen LogP contribution in [0.2, 0.25) is 0 Å². The molecule has 3 aromatic rings. The largest absolute Gasteiger partial charge is 0.497 e. The predicted octanol–water partition coefficient (Wildman–Crippen LogP) is 2.65. The second-order valence-corrected chi connectivity index (χ2v) is 8.53. The van der Waals surface area contributed by atoms with Crippen molar-refractivity contribution in [3.8, 4) is 5.75 Å². The van der Waals surface area contributed by atoms with Gasteiger partial charge in [-0.2, -0.15) is 5.10 Å². The van der Waals surface area contributed by atoms with Gasteiger partial charge in [0.25, 0.3) is 0 Å². The summed E-state index contributed by atoms with van der Waals surface area (Å²) < 4.78 is 12.7. The van der Waals surface area contributed by atoms with Crippen molar-refractivity contribution in [1.82, 2.24) is 19.7 Å². The molecule has 2 aliphatic heterocycles. The average Bonchev–Trinajstić information content (AvgIpc) is 3.34. The van der Waals surface area contributed by atoms with Crippen molar-refractivity contribution in [2.24, 2.45) is 0 Å². The van der Waals surface area contributed by atoms with E-state index in [0.29, 0.717) is 6.04 Å². The molecule has 4 heterocycles. The van der Waals surface area contributed by atoms with Gasteiger partial charge in [0, 0.05) is 44.5 Å². The van der Waals surface area contributed by atoms with Crippen LogP contribution in [0.1, 0.15) is 18.4 Å². The van der Waals surface area contributed by atoms with Crippen molar-refractivity contribution in [2.45, 2.75) is 25.4 Å². The van der Waals surface area contributed by atoms with E-state index >= 15 is 0 Å². The number of hydrogen-bond donors (Lipinski definition) is 1. The van der Waals surface area contributed by atoms with Gasteiger partial charge >= 0.3 is 0 Å². The normalized spacial score (nSPS) is 18.9. The summed E-state index contributed by atoms with van der Waals surface area (Å²) in [7, 11) is 1.68. The number of rotatable bonds is 7. The molecule has 1 atom stereocenters. The number of nitrogens with one attached hydrogen (secondary N) is 1. The zero-order valence-electron chi connectivity index (χ0n) is 19.1. The van der Waals surface area contributed by atoms with Gasteiger partial charge in [-0.25, -0.2) is 9.97 Å². The van der Waals surface area contributed by atoms with Crippen LogP contribution in [-0.4, -0.2) is 72.3 Å². The highest BCUT2D eigenvalue weighted by molar-refractivity contribution is 5.50. The lowest BCUT2D eigenvalue weighted by Crippen LogP contribution is -2.42. The third kappa shape index (κ3) is 5.36. The number of methoxy groups -OCH3 is 1. The highest BCUT2D eigenvalue weighted by atomic mass is 16.5. The standard InChI is InChI=1S/C24H31N7O2/c1-32-22-6-4-19(5-7-22)15-31-17-21(14-27-31)30-8-2-3-20(16-30)28-23-13-24(26-18-25-23)29-9-11-33-12-10-29/h4-7,13-14,17-18,20H,2-3,8-12,15-16H2,1H3,(H,25,26,28)/t20-/m1/s1. The van der Waals surface area contributed by atoms with E-state index < -0.39 is 0 Å². The van der Waals surface area contributed by atoms with Gasteiger partial charge < -0.3 is 24.6 Å². The molecule has 9 nitrogen and oxygen atoms in total. The molecule has 174 valence electrons. The van der Waals surface area contributed by atoms with Gasteiger partial charge in [0.05, 0.1) is 38.8 Å². The quantitative estimate of drug-likeness (QED) is 0.590. The lowest BCUT2D eigenvalue weighted by atomic mass is 10.1. The minimum Gasteiger partial charge on any atom is -0.497 e. The van der Waals surface area contributed by atoms with Gasteiger partial charge in [-0.05, 0) is 30.5 Å². The van der Waals surface area contributed by atoms with Gasteiger partial charge in [-0.3, -0.25) is 4.68 Å². The number of benzene rings is 1. The monoisotopic (exact) mass is 449 g/mol. The van der Waals surface area contributed by atoms with Crippen molar-refractivity contribution in [1.29, 1.82) is 0 Å². The first-order chi connectivity index (χ1) is 16.3. The third-order valence-electron chi connectivity index (χ3n) is 6.25. The molecule has 0 amide bonds. The summed E-state index contributed by atoms with van der Waals surface area (Å²) in [6, 6.07) is 10.5. The summed E-state index contributed by atoms with van der Waals surface area (Å²) in [6.07, 6.45) is 7.99. The van der Waals surface area contributed by atoms with Gasteiger partial charge in [0.1, 0.15) is 23.7 Å². The summed E-state index contributed by atoms with van der Waals surface area (Å²) in [4.78, 5) is 13.6. The van der Waals surface area contributed by atoms with E-state index in [0.717, 1.165) is 81.9 Å². The SMILES string of the molecule is COc1ccc(Cn2cc(N3CCC[C@@H](Nc4cc(N5CCOCC5)ncn4)C3)cn2)cc1. The van der Waals surface area contributed by atoms with E-state index in [4.69, 9.17) is 9.47 Å². The number of anilines is 3. The van der Waals surface area contributed by atoms with Crippen molar-refractivity contribution in [3.63, 3.8) is 0 Å². The Kier molecular flexibility index (Phi) is 6.57. The molecular formula is C24H31N7O2.